The number of carbonyl (C=O) groups excluding carboxylic acids is 1. The maximum atomic E-state index is 12.4. The lowest BCUT2D eigenvalue weighted by Gasteiger charge is -2.18. The van der Waals surface area contributed by atoms with E-state index in [1.54, 1.807) is 6.08 Å². The van der Waals surface area contributed by atoms with Crippen LogP contribution in [0.15, 0.2) is 29.2 Å². The van der Waals surface area contributed by atoms with Crippen molar-refractivity contribution in [3.05, 3.63) is 34.7 Å². The SMILES string of the molecule is CCCCCOc1ccc(/C=C2\SC(=S)N([C@H](C)C(=O)O)C2=O)cc1. The van der Waals surface area contributed by atoms with E-state index in [2.05, 4.69) is 6.92 Å². The maximum Gasteiger partial charge on any atom is 0.326 e. The summed E-state index contributed by atoms with van der Waals surface area (Å²) >= 11 is 6.26. The molecule has 1 aliphatic rings. The minimum absolute atomic E-state index is 0.266. The van der Waals surface area contributed by atoms with Crippen LogP contribution in [0.1, 0.15) is 38.7 Å². The fraction of sp³-hybridized carbons (Fsp3) is 0.389. The quantitative estimate of drug-likeness (QED) is 0.419. The zero-order valence-electron chi connectivity index (χ0n) is 14.2. The van der Waals surface area contributed by atoms with Gasteiger partial charge in [-0.1, -0.05) is 55.9 Å². The first-order valence-electron chi connectivity index (χ1n) is 8.16. The average Bonchev–Trinajstić information content (AvgIpc) is 2.86. The van der Waals surface area contributed by atoms with E-state index in [1.165, 1.54) is 6.92 Å². The Hall–Kier alpha value is -1.86. The molecule has 1 aromatic carbocycles. The van der Waals surface area contributed by atoms with Gasteiger partial charge in [0.05, 0.1) is 11.5 Å². The van der Waals surface area contributed by atoms with Crippen molar-refractivity contribution >= 4 is 46.3 Å². The average molecular weight is 380 g/mol. The van der Waals surface area contributed by atoms with Crippen molar-refractivity contribution in [1.29, 1.82) is 0 Å². The van der Waals surface area contributed by atoms with Crippen LogP contribution in [0.5, 0.6) is 5.75 Å². The van der Waals surface area contributed by atoms with Gasteiger partial charge in [-0.15, -0.1) is 0 Å². The number of unbranched alkanes of at least 4 members (excludes halogenated alkanes) is 2. The van der Waals surface area contributed by atoms with Crippen molar-refractivity contribution in [1.82, 2.24) is 4.90 Å². The van der Waals surface area contributed by atoms with Crippen molar-refractivity contribution in [2.45, 2.75) is 39.2 Å². The standard InChI is InChI=1S/C18H21NO4S2/c1-3-4-5-10-23-14-8-6-13(7-9-14)11-15-16(20)19(18(24)25-15)12(2)17(21)22/h6-9,11-12H,3-5,10H2,1-2H3,(H,21,22)/b15-11-/t12-/m1/s1. The minimum atomic E-state index is -1.08. The highest BCUT2D eigenvalue weighted by molar-refractivity contribution is 8.26. The van der Waals surface area contributed by atoms with Crippen LogP contribution in [0, 0.1) is 0 Å². The van der Waals surface area contributed by atoms with Crippen LogP contribution >= 0.6 is 24.0 Å². The second-order valence-electron chi connectivity index (χ2n) is 5.69. The normalized spacial score (nSPS) is 17.2. The number of aliphatic carboxylic acids is 1. The third-order valence-electron chi connectivity index (χ3n) is 3.76. The third kappa shape index (κ3) is 5.06. The molecule has 1 aromatic rings. The lowest BCUT2D eigenvalue weighted by atomic mass is 10.2. The van der Waals surface area contributed by atoms with Gasteiger partial charge in [0, 0.05) is 0 Å². The summed E-state index contributed by atoms with van der Waals surface area (Å²) in [5.41, 5.74) is 0.837. The number of hydrogen-bond acceptors (Lipinski definition) is 5. The zero-order valence-corrected chi connectivity index (χ0v) is 15.9. The van der Waals surface area contributed by atoms with Crippen LogP contribution in [0.2, 0.25) is 0 Å². The zero-order chi connectivity index (χ0) is 18.4. The molecule has 0 radical (unpaired) electrons. The molecule has 0 unspecified atom stereocenters. The molecule has 25 heavy (non-hydrogen) atoms. The molecular formula is C18H21NO4S2. The third-order valence-corrected chi connectivity index (χ3v) is 5.09. The highest BCUT2D eigenvalue weighted by Crippen LogP contribution is 2.34. The number of carbonyl (C=O) groups is 2. The maximum absolute atomic E-state index is 12.4. The van der Waals surface area contributed by atoms with E-state index in [0.29, 0.717) is 11.5 Å². The fourth-order valence-electron chi connectivity index (χ4n) is 2.28. The van der Waals surface area contributed by atoms with Crippen LogP contribution in [-0.2, 0) is 9.59 Å². The second kappa shape index (κ2) is 9.01. The molecule has 1 fully saturated rings. The number of nitrogens with zero attached hydrogens (tertiary/aromatic N) is 1. The van der Waals surface area contributed by atoms with Crippen LogP contribution in [-0.4, -0.2) is 38.9 Å². The molecule has 1 heterocycles. The van der Waals surface area contributed by atoms with Gasteiger partial charge in [0.25, 0.3) is 5.91 Å². The molecule has 0 saturated carbocycles. The number of benzene rings is 1. The molecule has 5 nitrogen and oxygen atoms in total. The van der Waals surface area contributed by atoms with E-state index < -0.39 is 12.0 Å². The second-order valence-corrected chi connectivity index (χ2v) is 7.37. The number of ether oxygens (including phenoxy) is 1. The topological polar surface area (TPSA) is 66.8 Å². The van der Waals surface area contributed by atoms with Gasteiger partial charge in [0.1, 0.15) is 16.1 Å². The molecule has 7 heteroatoms. The molecule has 1 atom stereocenters. The molecule has 0 aromatic heterocycles. The van der Waals surface area contributed by atoms with Crippen LogP contribution in [0.25, 0.3) is 6.08 Å². The molecule has 0 spiro atoms. The molecule has 0 bridgehead atoms. The van der Waals surface area contributed by atoms with Gasteiger partial charge >= 0.3 is 5.97 Å². The van der Waals surface area contributed by atoms with Gasteiger partial charge in [-0.05, 0) is 37.1 Å². The first-order chi connectivity index (χ1) is 11.9. The summed E-state index contributed by atoms with van der Waals surface area (Å²) in [4.78, 5) is 25.1. The van der Waals surface area contributed by atoms with E-state index >= 15 is 0 Å². The van der Waals surface area contributed by atoms with Gasteiger partial charge in [-0.25, -0.2) is 4.79 Å². The number of carboxylic acids is 1. The van der Waals surface area contributed by atoms with E-state index in [0.717, 1.165) is 47.2 Å². The Morgan fingerprint density at radius 3 is 2.64 bits per heavy atom. The summed E-state index contributed by atoms with van der Waals surface area (Å²) in [6.07, 6.45) is 5.05. The first kappa shape index (κ1) is 19.5. The van der Waals surface area contributed by atoms with Crippen LogP contribution in [0.3, 0.4) is 0 Å². The van der Waals surface area contributed by atoms with E-state index in [-0.39, 0.29) is 10.2 Å². The van der Waals surface area contributed by atoms with Crippen LogP contribution in [0.4, 0.5) is 0 Å². The Morgan fingerprint density at radius 2 is 2.04 bits per heavy atom. The van der Waals surface area contributed by atoms with Crippen LogP contribution < -0.4 is 4.74 Å². The predicted molar refractivity (Wildman–Crippen MR) is 104 cm³/mol. The number of thiocarbonyl (C=S) groups is 1. The highest BCUT2D eigenvalue weighted by atomic mass is 32.2. The smallest absolute Gasteiger partial charge is 0.326 e. The molecule has 1 amide bonds. The first-order valence-corrected chi connectivity index (χ1v) is 9.39. The highest BCUT2D eigenvalue weighted by Gasteiger charge is 2.38. The van der Waals surface area contributed by atoms with Crippen molar-refractivity contribution in [2.75, 3.05) is 6.61 Å². The monoisotopic (exact) mass is 379 g/mol. The Labute approximate surface area is 157 Å². The Kier molecular flexibility index (Phi) is 7.01. The minimum Gasteiger partial charge on any atom is -0.494 e. The van der Waals surface area contributed by atoms with Gasteiger partial charge < -0.3 is 9.84 Å². The lowest BCUT2D eigenvalue weighted by molar-refractivity contribution is -0.144. The molecular weight excluding hydrogens is 358 g/mol. The van der Waals surface area contributed by atoms with Crippen molar-refractivity contribution in [3.63, 3.8) is 0 Å². The van der Waals surface area contributed by atoms with Crippen molar-refractivity contribution in [2.24, 2.45) is 0 Å². The van der Waals surface area contributed by atoms with Gasteiger partial charge in [-0.2, -0.15) is 0 Å². The molecule has 1 N–H and O–H groups in total. The summed E-state index contributed by atoms with van der Waals surface area (Å²) in [5.74, 6) is -0.660. The predicted octanol–water partition coefficient (Wildman–Crippen LogP) is 3.93. The van der Waals surface area contributed by atoms with Crippen molar-refractivity contribution in [3.8, 4) is 5.75 Å². The summed E-state index contributed by atoms with van der Waals surface area (Å²) in [6, 6.07) is 6.47. The number of thioether (sulfide) groups is 1. The molecule has 0 aliphatic carbocycles. The lowest BCUT2D eigenvalue weighted by Crippen LogP contribution is -2.41. The summed E-state index contributed by atoms with van der Waals surface area (Å²) in [5, 5.41) is 9.09. The van der Waals surface area contributed by atoms with E-state index in [9.17, 15) is 9.59 Å². The van der Waals surface area contributed by atoms with Crippen molar-refractivity contribution < 1.29 is 19.4 Å². The summed E-state index contributed by atoms with van der Waals surface area (Å²) < 4.78 is 5.92. The summed E-state index contributed by atoms with van der Waals surface area (Å²) in [6.45, 7) is 4.29. The largest absolute Gasteiger partial charge is 0.494 e. The molecule has 1 saturated heterocycles. The Balaban J connectivity index is 2.04. The molecule has 1 aliphatic heterocycles. The molecule has 2 rings (SSSR count). The van der Waals surface area contributed by atoms with Gasteiger partial charge in [-0.3, -0.25) is 9.69 Å². The molecule has 134 valence electrons. The number of rotatable bonds is 8. The van der Waals surface area contributed by atoms with Gasteiger partial charge in [0.2, 0.25) is 0 Å². The number of hydrogen-bond donors (Lipinski definition) is 1. The number of amides is 1. The number of carboxylic acid groups (broad SMARTS) is 1. The summed E-state index contributed by atoms with van der Waals surface area (Å²) in [7, 11) is 0. The Morgan fingerprint density at radius 1 is 1.36 bits per heavy atom. The van der Waals surface area contributed by atoms with E-state index in [4.69, 9.17) is 22.1 Å². The Bertz CT molecular complexity index is 685. The van der Waals surface area contributed by atoms with E-state index in [1.807, 2.05) is 24.3 Å². The fourth-order valence-corrected chi connectivity index (χ4v) is 3.70. The van der Waals surface area contributed by atoms with Gasteiger partial charge in [0.15, 0.2) is 0 Å².